The van der Waals surface area contributed by atoms with Gasteiger partial charge in [-0.2, -0.15) is 0 Å². The van der Waals surface area contributed by atoms with Crippen LogP contribution in [-0.2, 0) is 11.2 Å². The summed E-state index contributed by atoms with van der Waals surface area (Å²) in [6, 6.07) is 8.06. The number of rotatable bonds is 4. The van der Waals surface area contributed by atoms with Crippen LogP contribution < -0.4 is 11.1 Å². The van der Waals surface area contributed by atoms with Crippen molar-refractivity contribution in [3.05, 3.63) is 29.8 Å². The zero-order valence-electron chi connectivity index (χ0n) is 11.7. The van der Waals surface area contributed by atoms with Crippen LogP contribution in [0.3, 0.4) is 0 Å². The molecule has 1 saturated carbocycles. The number of hydrogen-bond donors (Lipinski definition) is 2. The summed E-state index contributed by atoms with van der Waals surface area (Å²) < 4.78 is 0. The van der Waals surface area contributed by atoms with Crippen molar-refractivity contribution in [2.45, 2.75) is 45.4 Å². The van der Waals surface area contributed by atoms with E-state index in [9.17, 15) is 4.79 Å². The van der Waals surface area contributed by atoms with E-state index in [4.69, 9.17) is 5.73 Å². The lowest BCUT2D eigenvalue weighted by atomic mass is 9.73. The minimum atomic E-state index is -0.347. The van der Waals surface area contributed by atoms with Crippen molar-refractivity contribution >= 4 is 11.6 Å². The van der Waals surface area contributed by atoms with Gasteiger partial charge in [0.1, 0.15) is 0 Å². The summed E-state index contributed by atoms with van der Waals surface area (Å²) in [5.41, 5.74) is 7.67. The highest BCUT2D eigenvalue weighted by molar-refractivity contribution is 5.95. The number of nitrogens with one attached hydrogen (secondary N) is 1. The van der Waals surface area contributed by atoms with E-state index in [2.05, 4.69) is 18.3 Å². The monoisotopic (exact) mass is 260 g/mol. The zero-order chi connectivity index (χ0) is 13.7. The number of anilines is 1. The number of carbonyl (C=O) groups is 1. The van der Waals surface area contributed by atoms with Gasteiger partial charge in [0.15, 0.2) is 0 Å². The summed E-state index contributed by atoms with van der Waals surface area (Å²) in [5, 5.41) is 3.06. The van der Waals surface area contributed by atoms with Crippen LogP contribution in [0.1, 0.15) is 44.6 Å². The average Bonchev–Trinajstić information content (AvgIpc) is 2.48. The molecule has 1 amide bonds. The van der Waals surface area contributed by atoms with Crippen LogP contribution in [0.2, 0.25) is 0 Å². The largest absolute Gasteiger partial charge is 0.329 e. The maximum atomic E-state index is 12.5. The second kappa shape index (κ2) is 6.20. The highest BCUT2D eigenvalue weighted by Crippen LogP contribution is 2.36. The van der Waals surface area contributed by atoms with E-state index < -0.39 is 0 Å². The molecule has 2 rings (SSSR count). The van der Waals surface area contributed by atoms with Gasteiger partial charge in [0.25, 0.3) is 0 Å². The van der Waals surface area contributed by atoms with Crippen LogP contribution in [0, 0.1) is 5.41 Å². The minimum absolute atomic E-state index is 0.1000. The van der Waals surface area contributed by atoms with Crippen molar-refractivity contribution in [2.24, 2.45) is 11.1 Å². The number of amides is 1. The van der Waals surface area contributed by atoms with Crippen LogP contribution >= 0.6 is 0 Å². The third-order valence-corrected chi connectivity index (χ3v) is 4.28. The Bertz CT molecular complexity index is 436. The SMILES string of the molecule is CCc1cccc(NC(=O)C2(CN)CCCCC2)c1. The van der Waals surface area contributed by atoms with Gasteiger partial charge in [-0.25, -0.2) is 0 Å². The fourth-order valence-corrected chi connectivity index (χ4v) is 2.89. The average molecular weight is 260 g/mol. The molecule has 3 nitrogen and oxygen atoms in total. The third kappa shape index (κ3) is 3.16. The molecule has 0 saturated heterocycles. The van der Waals surface area contributed by atoms with Crippen molar-refractivity contribution in [3.8, 4) is 0 Å². The first-order valence-electron chi connectivity index (χ1n) is 7.31. The van der Waals surface area contributed by atoms with Gasteiger partial charge >= 0.3 is 0 Å². The van der Waals surface area contributed by atoms with Gasteiger partial charge in [0.05, 0.1) is 5.41 Å². The van der Waals surface area contributed by atoms with Gasteiger partial charge < -0.3 is 11.1 Å². The lowest BCUT2D eigenvalue weighted by Gasteiger charge is -2.34. The molecule has 1 aliphatic carbocycles. The Labute approximate surface area is 115 Å². The third-order valence-electron chi connectivity index (χ3n) is 4.28. The molecule has 0 spiro atoms. The molecule has 0 radical (unpaired) electrons. The Balaban J connectivity index is 2.10. The molecule has 0 unspecified atom stereocenters. The molecular formula is C16H24N2O. The second-order valence-corrected chi connectivity index (χ2v) is 5.55. The predicted molar refractivity (Wildman–Crippen MR) is 79.0 cm³/mol. The molecule has 0 heterocycles. The van der Waals surface area contributed by atoms with Gasteiger partial charge in [-0.15, -0.1) is 0 Å². The van der Waals surface area contributed by atoms with E-state index in [0.29, 0.717) is 6.54 Å². The van der Waals surface area contributed by atoms with Crippen LogP contribution in [0.4, 0.5) is 5.69 Å². The van der Waals surface area contributed by atoms with Gasteiger partial charge in [-0.05, 0) is 37.0 Å². The number of nitrogens with two attached hydrogens (primary N) is 1. The fourth-order valence-electron chi connectivity index (χ4n) is 2.89. The normalized spacial score (nSPS) is 18.0. The maximum absolute atomic E-state index is 12.5. The van der Waals surface area contributed by atoms with Crippen molar-refractivity contribution in [1.29, 1.82) is 0 Å². The van der Waals surface area contributed by atoms with E-state index in [-0.39, 0.29) is 11.3 Å². The van der Waals surface area contributed by atoms with E-state index in [1.54, 1.807) is 0 Å². The Kier molecular flexibility index (Phi) is 4.59. The Hall–Kier alpha value is -1.35. The molecule has 1 aromatic rings. The van der Waals surface area contributed by atoms with Gasteiger partial charge in [-0.1, -0.05) is 38.3 Å². The lowest BCUT2D eigenvalue weighted by molar-refractivity contribution is -0.126. The number of benzene rings is 1. The van der Waals surface area contributed by atoms with Crippen LogP contribution in [0.15, 0.2) is 24.3 Å². The van der Waals surface area contributed by atoms with Crippen LogP contribution in [0.5, 0.6) is 0 Å². The predicted octanol–water partition coefficient (Wildman–Crippen LogP) is 3.10. The minimum Gasteiger partial charge on any atom is -0.329 e. The molecule has 0 aliphatic heterocycles. The Morgan fingerprint density at radius 2 is 2.05 bits per heavy atom. The van der Waals surface area contributed by atoms with Gasteiger partial charge in [0, 0.05) is 12.2 Å². The highest BCUT2D eigenvalue weighted by Gasteiger charge is 2.38. The smallest absolute Gasteiger partial charge is 0.231 e. The summed E-state index contributed by atoms with van der Waals surface area (Å²) in [5.74, 6) is 0.1000. The molecule has 104 valence electrons. The summed E-state index contributed by atoms with van der Waals surface area (Å²) in [6.45, 7) is 2.57. The number of aryl methyl sites for hydroxylation is 1. The quantitative estimate of drug-likeness (QED) is 0.874. The summed E-state index contributed by atoms with van der Waals surface area (Å²) in [7, 11) is 0. The standard InChI is InChI=1S/C16H24N2O/c1-2-13-7-6-8-14(11-13)18-15(19)16(12-17)9-4-3-5-10-16/h6-8,11H,2-5,9-10,12,17H2,1H3,(H,18,19). The van der Waals surface area contributed by atoms with E-state index in [1.807, 2.05) is 18.2 Å². The van der Waals surface area contributed by atoms with Crippen LogP contribution in [-0.4, -0.2) is 12.5 Å². The van der Waals surface area contributed by atoms with E-state index in [0.717, 1.165) is 37.8 Å². The second-order valence-electron chi connectivity index (χ2n) is 5.55. The van der Waals surface area contributed by atoms with E-state index in [1.165, 1.54) is 12.0 Å². The Morgan fingerprint density at radius 1 is 1.32 bits per heavy atom. The van der Waals surface area contributed by atoms with Crippen molar-refractivity contribution < 1.29 is 4.79 Å². The van der Waals surface area contributed by atoms with Gasteiger partial charge in [-0.3, -0.25) is 4.79 Å². The molecule has 3 N–H and O–H groups in total. The molecular weight excluding hydrogens is 236 g/mol. The first-order chi connectivity index (χ1) is 9.20. The number of hydrogen-bond acceptors (Lipinski definition) is 2. The number of carbonyl (C=O) groups excluding carboxylic acids is 1. The van der Waals surface area contributed by atoms with Crippen molar-refractivity contribution in [1.82, 2.24) is 0 Å². The molecule has 1 aromatic carbocycles. The lowest BCUT2D eigenvalue weighted by Crippen LogP contribution is -2.43. The molecule has 0 bridgehead atoms. The molecule has 0 aromatic heterocycles. The maximum Gasteiger partial charge on any atom is 0.231 e. The fraction of sp³-hybridized carbons (Fsp3) is 0.562. The Morgan fingerprint density at radius 3 is 2.68 bits per heavy atom. The molecule has 1 aliphatic rings. The van der Waals surface area contributed by atoms with E-state index >= 15 is 0 Å². The highest BCUT2D eigenvalue weighted by atomic mass is 16.2. The molecule has 0 atom stereocenters. The topological polar surface area (TPSA) is 55.1 Å². The van der Waals surface area contributed by atoms with Crippen molar-refractivity contribution in [2.75, 3.05) is 11.9 Å². The summed E-state index contributed by atoms with van der Waals surface area (Å²) in [4.78, 5) is 12.5. The zero-order valence-corrected chi connectivity index (χ0v) is 11.7. The first-order valence-corrected chi connectivity index (χ1v) is 7.31. The van der Waals surface area contributed by atoms with Crippen molar-refractivity contribution in [3.63, 3.8) is 0 Å². The van der Waals surface area contributed by atoms with Gasteiger partial charge in [0.2, 0.25) is 5.91 Å². The summed E-state index contributed by atoms with van der Waals surface area (Å²) >= 11 is 0. The summed E-state index contributed by atoms with van der Waals surface area (Å²) in [6.07, 6.45) is 6.26. The van der Waals surface area contributed by atoms with Crippen LogP contribution in [0.25, 0.3) is 0 Å². The first kappa shape index (κ1) is 14.1. The molecule has 19 heavy (non-hydrogen) atoms. The molecule has 1 fully saturated rings. The molecule has 3 heteroatoms.